The largest absolute Gasteiger partial charge is 0.460 e. The Morgan fingerprint density at radius 3 is 2.80 bits per heavy atom. The second-order valence-electron chi connectivity index (χ2n) is 7.20. The highest BCUT2D eigenvalue weighted by atomic mass is 19.1. The Morgan fingerprint density at radius 1 is 1.33 bits per heavy atom. The van der Waals surface area contributed by atoms with Crippen molar-refractivity contribution in [2.75, 3.05) is 11.9 Å². The molecule has 2 aliphatic heterocycles. The van der Waals surface area contributed by atoms with E-state index in [4.69, 9.17) is 4.74 Å². The number of carbonyl (C=O) groups excluding carboxylic acids is 2. The first-order chi connectivity index (χ1) is 14.4. The molecule has 0 bridgehead atoms. The van der Waals surface area contributed by atoms with Crippen LogP contribution in [-0.4, -0.2) is 23.2 Å². The predicted octanol–water partition coefficient (Wildman–Crippen LogP) is 4.45. The number of nitrogens with one attached hydrogen (secondary N) is 3. The van der Waals surface area contributed by atoms with Gasteiger partial charge in [-0.25, -0.2) is 4.39 Å². The Bertz CT molecular complexity index is 1150. The molecule has 1 amide bonds. The summed E-state index contributed by atoms with van der Waals surface area (Å²) in [6.45, 7) is 6.05. The lowest BCUT2D eigenvalue weighted by Crippen LogP contribution is -2.17. The van der Waals surface area contributed by atoms with Crippen LogP contribution in [0.5, 0.6) is 0 Å². The van der Waals surface area contributed by atoms with E-state index in [9.17, 15) is 14.0 Å². The molecule has 1 aromatic heterocycles. The number of H-pyrrole nitrogens is 1. The fourth-order valence-corrected chi connectivity index (χ4v) is 3.67. The summed E-state index contributed by atoms with van der Waals surface area (Å²) in [4.78, 5) is 27.2. The molecule has 2 aliphatic rings. The van der Waals surface area contributed by atoms with E-state index >= 15 is 0 Å². The van der Waals surface area contributed by atoms with Crippen molar-refractivity contribution < 1.29 is 18.7 Å². The second kappa shape index (κ2) is 7.67. The van der Waals surface area contributed by atoms with Gasteiger partial charge in [0.15, 0.2) is 5.78 Å². The van der Waals surface area contributed by atoms with Gasteiger partial charge < -0.3 is 20.4 Å². The van der Waals surface area contributed by atoms with E-state index in [2.05, 4.69) is 15.6 Å². The maximum Gasteiger partial charge on any atom is 0.256 e. The normalized spacial score (nSPS) is 16.9. The van der Waals surface area contributed by atoms with Crippen LogP contribution in [0.25, 0.3) is 17.4 Å². The monoisotopic (exact) mass is 407 g/mol. The molecule has 0 unspecified atom stereocenters. The van der Waals surface area contributed by atoms with E-state index in [1.807, 2.05) is 19.9 Å². The van der Waals surface area contributed by atoms with Gasteiger partial charge in [0.2, 0.25) is 0 Å². The van der Waals surface area contributed by atoms with E-state index < -0.39 is 5.82 Å². The third-order valence-corrected chi connectivity index (χ3v) is 5.14. The third-order valence-electron chi connectivity index (χ3n) is 5.14. The Kier molecular flexibility index (Phi) is 5.03. The smallest absolute Gasteiger partial charge is 0.256 e. The average molecular weight is 407 g/mol. The topological polar surface area (TPSA) is 83.2 Å². The summed E-state index contributed by atoms with van der Waals surface area (Å²) < 4.78 is 20.9. The van der Waals surface area contributed by atoms with E-state index in [1.54, 1.807) is 24.4 Å². The van der Waals surface area contributed by atoms with Crippen molar-refractivity contribution >= 4 is 34.8 Å². The number of carbonyl (C=O) groups is 2. The number of halogens is 1. The third kappa shape index (κ3) is 3.43. The Labute approximate surface area is 173 Å². The number of hydrogen-bond acceptors (Lipinski definition) is 4. The molecule has 0 aliphatic carbocycles. The summed E-state index contributed by atoms with van der Waals surface area (Å²) in [7, 11) is 0. The standard InChI is InChI=1S/C23H22FN3O3/c1-4-25-18-7-8-20(30-13(18)3)22-17(24)5-6-19-21(22)16(23(29)27-19)10-15-9-14(11-26-15)12(2)28/h5-6,8-11,25-26H,4,7H2,1-3H3,(H,27,29). The van der Waals surface area contributed by atoms with Gasteiger partial charge in [0.1, 0.15) is 17.3 Å². The first kappa shape index (κ1) is 19.7. The summed E-state index contributed by atoms with van der Waals surface area (Å²) in [5.41, 5.74) is 3.55. The van der Waals surface area contributed by atoms with Gasteiger partial charge in [0.25, 0.3) is 5.91 Å². The summed E-state index contributed by atoms with van der Waals surface area (Å²) in [5.74, 6) is 0.149. The molecule has 4 rings (SSSR count). The molecule has 3 N–H and O–H groups in total. The number of aromatic amines is 1. The van der Waals surface area contributed by atoms with Gasteiger partial charge in [-0.2, -0.15) is 0 Å². The van der Waals surface area contributed by atoms with Crippen molar-refractivity contribution in [2.45, 2.75) is 27.2 Å². The summed E-state index contributed by atoms with van der Waals surface area (Å²) >= 11 is 0. The molecule has 154 valence electrons. The van der Waals surface area contributed by atoms with Gasteiger partial charge >= 0.3 is 0 Å². The molecule has 0 saturated heterocycles. The molecule has 0 spiro atoms. The number of rotatable bonds is 5. The molecule has 2 aromatic rings. The molecule has 6 nitrogen and oxygen atoms in total. The number of Topliss-reactive ketones (excluding diaryl/α,β-unsaturated/α-hetero) is 1. The van der Waals surface area contributed by atoms with Crippen molar-refractivity contribution in [3.8, 4) is 0 Å². The van der Waals surface area contributed by atoms with E-state index in [1.165, 1.54) is 13.0 Å². The fraction of sp³-hybridized carbons (Fsp3) is 0.217. The summed E-state index contributed by atoms with van der Waals surface area (Å²) in [5, 5.41) is 6.02. The molecule has 0 atom stereocenters. The van der Waals surface area contributed by atoms with Gasteiger partial charge in [-0.05, 0) is 51.1 Å². The lowest BCUT2D eigenvalue weighted by atomic mass is 9.96. The minimum Gasteiger partial charge on any atom is -0.460 e. The minimum absolute atomic E-state index is 0.0848. The molecular weight excluding hydrogens is 385 g/mol. The van der Waals surface area contributed by atoms with E-state index in [-0.39, 0.29) is 17.3 Å². The van der Waals surface area contributed by atoms with Gasteiger partial charge in [0.05, 0.1) is 22.5 Å². The molecular formula is C23H22FN3O3. The van der Waals surface area contributed by atoms with Crippen LogP contribution >= 0.6 is 0 Å². The van der Waals surface area contributed by atoms with Crippen LogP contribution in [0.4, 0.5) is 10.1 Å². The van der Waals surface area contributed by atoms with Crippen LogP contribution in [-0.2, 0) is 9.53 Å². The molecule has 1 aromatic carbocycles. The van der Waals surface area contributed by atoms with Crippen molar-refractivity contribution in [1.29, 1.82) is 0 Å². The highest BCUT2D eigenvalue weighted by Crippen LogP contribution is 2.42. The van der Waals surface area contributed by atoms with Gasteiger partial charge in [0, 0.05) is 36.0 Å². The Hall–Kier alpha value is -3.61. The Morgan fingerprint density at radius 2 is 2.13 bits per heavy atom. The average Bonchev–Trinajstić information content (AvgIpc) is 3.29. The molecule has 0 radical (unpaired) electrons. The number of amides is 1. The Balaban J connectivity index is 1.79. The number of benzene rings is 1. The minimum atomic E-state index is -0.474. The first-order valence-electron chi connectivity index (χ1n) is 9.76. The van der Waals surface area contributed by atoms with Gasteiger partial charge in [-0.1, -0.05) is 0 Å². The molecule has 3 heterocycles. The zero-order chi connectivity index (χ0) is 21.4. The lowest BCUT2D eigenvalue weighted by molar-refractivity contribution is -0.110. The van der Waals surface area contributed by atoms with Crippen molar-refractivity contribution in [1.82, 2.24) is 10.3 Å². The first-order valence-corrected chi connectivity index (χ1v) is 9.76. The van der Waals surface area contributed by atoms with Gasteiger partial charge in [-0.15, -0.1) is 0 Å². The van der Waals surface area contributed by atoms with Crippen molar-refractivity contribution in [3.05, 3.63) is 70.1 Å². The maximum absolute atomic E-state index is 15.0. The van der Waals surface area contributed by atoms with Crippen LogP contribution in [0.15, 0.2) is 41.9 Å². The quantitative estimate of drug-likeness (QED) is 0.505. The second-order valence-corrected chi connectivity index (χ2v) is 7.20. The maximum atomic E-state index is 15.0. The molecule has 0 fully saturated rings. The van der Waals surface area contributed by atoms with Crippen LogP contribution in [0, 0.1) is 5.82 Å². The van der Waals surface area contributed by atoms with Crippen LogP contribution in [0.3, 0.4) is 0 Å². The number of hydrogen-bond donors (Lipinski definition) is 3. The van der Waals surface area contributed by atoms with Crippen LogP contribution in [0.2, 0.25) is 0 Å². The van der Waals surface area contributed by atoms with E-state index in [0.717, 1.165) is 12.2 Å². The number of aromatic nitrogens is 1. The zero-order valence-electron chi connectivity index (χ0n) is 17.0. The van der Waals surface area contributed by atoms with Crippen LogP contribution < -0.4 is 10.6 Å². The van der Waals surface area contributed by atoms with Crippen LogP contribution in [0.1, 0.15) is 54.4 Å². The summed E-state index contributed by atoms with van der Waals surface area (Å²) in [6.07, 6.45) is 5.59. The van der Waals surface area contributed by atoms with E-state index in [0.29, 0.717) is 46.0 Å². The number of allylic oxidation sites excluding steroid dienone is 2. The van der Waals surface area contributed by atoms with Gasteiger partial charge in [-0.3, -0.25) is 9.59 Å². The molecule has 30 heavy (non-hydrogen) atoms. The highest BCUT2D eigenvalue weighted by molar-refractivity contribution is 6.35. The lowest BCUT2D eigenvalue weighted by Gasteiger charge is -2.22. The number of ketones is 1. The fourth-order valence-electron chi connectivity index (χ4n) is 3.67. The summed E-state index contributed by atoms with van der Waals surface area (Å²) in [6, 6.07) is 4.52. The van der Waals surface area contributed by atoms with Crippen molar-refractivity contribution in [2.24, 2.45) is 0 Å². The molecule has 0 saturated carbocycles. The highest BCUT2D eigenvalue weighted by Gasteiger charge is 2.32. The number of anilines is 1. The molecule has 7 heteroatoms. The number of ether oxygens (including phenoxy) is 1. The number of fused-ring (bicyclic) bond motifs is 1. The SMILES string of the molecule is CCNC1=C(C)OC(c2c(F)ccc3c2C(=Cc2cc(C(C)=O)c[nH]2)C(=O)N3)=CC1. The zero-order valence-corrected chi connectivity index (χ0v) is 17.0. The predicted molar refractivity (Wildman–Crippen MR) is 114 cm³/mol. The van der Waals surface area contributed by atoms with Crippen molar-refractivity contribution in [3.63, 3.8) is 0 Å².